The third kappa shape index (κ3) is 4.32. The van der Waals surface area contributed by atoms with Gasteiger partial charge in [-0.15, -0.1) is 0 Å². The molecular formula is C21H18FN5O2. The number of nitrogens with two attached hydrogens (primary N) is 1. The van der Waals surface area contributed by atoms with Crippen LogP contribution >= 0.6 is 0 Å². The van der Waals surface area contributed by atoms with Crippen LogP contribution in [0.5, 0.6) is 17.5 Å². The average molecular weight is 391 g/mol. The molecule has 0 amide bonds. The molecule has 0 saturated carbocycles. The molecule has 7 nitrogen and oxygen atoms in total. The first kappa shape index (κ1) is 18.4. The van der Waals surface area contributed by atoms with E-state index < -0.39 is 5.82 Å². The van der Waals surface area contributed by atoms with E-state index in [1.807, 2.05) is 35.1 Å². The second kappa shape index (κ2) is 7.97. The van der Waals surface area contributed by atoms with Gasteiger partial charge in [0.2, 0.25) is 0 Å². The van der Waals surface area contributed by atoms with E-state index in [0.29, 0.717) is 18.0 Å². The van der Waals surface area contributed by atoms with Crippen molar-refractivity contribution in [2.24, 2.45) is 0 Å². The van der Waals surface area contributed by atoms with Crippen LogP contribution in [-0.2, 0) is 6.54 Å². The van der Waals surface area contributed by atoms with Crippen molar-refractivity contribution in [2.75, 3.05) is 12.8 Å². The summed E-state index contributed by atoms with van der Waals surface area (Å²) in [5.41, 5.74) is 8.14. The van der Waals surface area contributed by atoms with Crippen LogP contribution < -0.4 is 15.2 Å². The molecule has 0 unspecified atom stereocenters. The third-order valence-electron chi connectivity index (χ3n) is 4.24. The summed E-state index contributed by atoms with van der Waals surface area (Å²) in [7, 11) is 1.64. The van der Waals surface area contributed by atoms with Crippen molar-refractivity contribution in [1.82, 2.24) is 19.7 Å². The molecule has 4 rings (SSSR count). The van der Waals surface area contributed by atoms with E-state index in [4.69, 9.17) is 15.2 Å². The summed E-state index contributed by atoms with van der Waals surface area (Å²) in [6.07, 6.45) is 5.21. The van der Waals surface area contributed by atoms with Crippen molar-refractivity contribution >= 4 is 5.69 Å². The standard InChI is InChI=1S/C21H18FN5O2/c1-28-16-4-2-14(3-5-16)12-27-13-15(11-25-27)20-8-9-24-21(26-20)29-17-6-7-18(22)19(23)10-17/h2-11,13H,12,23H2,1H3. The monoisotopic (exact) mass is 391 g/mol. The minimum Gasteiger partial charge on any atom is -0.497 e. The first-order valence-corrected chi connectivity index (χ1v) is 8.82. The molecule has 0 fully saturated rings. The van der Waals surface area contributed by atoms with Crippen molar-refractivity contribution < 1.29 is 13.9 Å². The number of ether oxygens (including phenoxy) is 2. The Kier molecular flexibility index (Phi) is 5.07. The summed E-state index contributed by atoms with van der Waals surface area (Å²) >= 11 is 0. The maximum atomic E-state index is 13.3. The molecular weight excluding hydrogens is 373 g/mol. The van der Waals surface area contributed by atoms with E-state index in [-0.39, 0.29) is 11.7 Å². The van der Waals surface area contributed by atoms with E-state index in [9.17, 15) is 4.39 Å². The molecule has 0 spiro atoms. The zero-order valence-corrected chi connectivity index (χ0v) is 15.6. The minimum absolute atomic E-state index is 0.00142. The number of nitrogens with zero attached hydrogens (tertiary/aromatic N) is 4. The molecule has 0 aliphatic heterocycles. The fourth-order valence-electron chi connectivity index (χ4n) is 2.74. The Bertz CT molecular complexity index is 1130. The largest absolute Gasteiger partial charge is 0.497 e. The van der Waals surface area contributed by atoms with Gasteiger partial charge in [-0.25, -0.2) is 9.37 Å². The predicted molar refractivity (Wildman–Crippen MR) is 106 cm³/mol. The second-order valence-corrected chi connectivity index (χ2v) is 6.28. The van der Waals surface area contributed by atoms with Gasteiger partial charge in [-0.1, -0.05) is 12.1 Å². The number of methoxy groups -OCH3 is 1. The van der Waals surface area contributed by atoms with Gasteiger partial charge in [-0.05, 0) is 35.9 Å². The Morgan fingerprint density at radius 1 is 1.07 bits per heavy atom. The molecule has 2 aromatic carbocycles. The van der Waals surface area contributed by atoms with E-state index in [1.165, 1.54) is 18.2 Å². The number of nitrogen functional groups attached to an aromatic ring is 1. The normalized spacial score (nSPS) is 10.7. The van der Waals surface area contributed by atoms with Crippen LogP contribution in [-0.4, -0.2) is 26.9 Å². The highest BCUT2D eigenvalue weighted by molar-refractivity contribution is 5.57. The van der Waals surface area contributed by atoms with Gasteiger partial charge in [0, 0.05) is 24.0 Å². The summed E-state index contributed by atoms with van der Waals surface area (Å²) in [4.78, 5) is 8.49. The Balaban J connectivity index is 1.50. The quantitative estimate of drug-likeness (QED) is 0.502. The highest BCUT2D eigenvalue weighted by Crippen LogP contribution is 2.24. The summed E-state index contributed by atoms with van der Waals surface area (Å²) < 4.78 is 25.9. The molecule has 0 bridgehead atoms. The molecule has 4 aromatic rings. The van der Waals surface area contributed by atoms with Gasteiger partial charge in [0.25, 0.3) is 0 Å². The minimum atomic E-state index is -0.503. The van der Waals surface area contributed by atoms with Crippen LogP contribution in [0.3, 0.4) is 0 Å². The molecule has 8 heteroatoms. The summed E-state index contributed by atoms with van der Waals surface area (Å²) in [6, 6.07) is 13.8. The lowest BCUT2D eigenvalue weighted by molar-refractivity contribution is 0.414. The van der Waals surface area contributed by atoms with Crippen LogP contribution in [0.25, 0.3) is 11.3 Å². The molecule has 0 atom stereocenters. The van der Waals surface area contributed by atoms with Crippen molar-refractivity contribution in [1.29, 1.82) is 0 Å². The fraction of sp³-hybridized carbons (Fsp3) is 0.0952. The van der Waals surface area contributed by atoms with Crippen LogP contribution in [0, 0.1) is 5.82 Å². The number of hydrogen-bond acceptors (Lipinski definition) is 6. The smallest absolute Gasteiger partial charge is 0.322 e. The van der Waals surface area contributed by atoms with Crippen LogP contribution in [0.1, 0.15) is 5.56 Å². The van der Waals surface area contributed by atoms with Gasteiger partial charge >= 0.3 is 6.01 Å². The van der Waals surface area contributed by atoms with Crippen LogP contribution in [0.4, 0.5) is 10.1 Å². The number of anilines is 1. The number of benzene rings is 2. The summed E-state index contributed by atoms with van der Waals surface area (Å²) in [6.45, 7) is 0.618. The van der Waals surface area contributed by atoms with E-state index in [0.717, 1.165) is 16.9 Å². The molecule has 146 valence electrons. The molecule has 0 radical (unpaired) electrons. The number of halogens is 1. The van der Waals surface area contributed by atoms with Crippen molar-refractivity contribution in [3.05, 3.63) is 78.5 Å². The molecule has 0 aliphatic rings. The Labute approximate surface area is 166 Å². The van der Waals surface area contributed by atoms with Gasteiger partial charge < -0.3 is 15.2 Å². The van der Waals surface area contributed by atoms with Crippen molar-refractivity contribution in [2.45, 2.75) is 6.54 Å². The summed E-state index contributed by atoms with van der Waals surface area (Å²) in [5, 5.41) is 4.39. The topological polar surface area (TPSA) is 88.1 Å². The third-order valence-corrected chi connectivity index (χ3v) is 4.24. The van der Waals surface area contributed by atoms with E-state index >= 15 is 0 Å². The van der Waals surface area contributed by atoms with Gasteiger partial charge in [-0.3, -0.25) is 4.68 Å². The Morgan fingerprint density at radius 3 is 2.62 bits per heavy atom. The molecule has 29 heavy (non-hydrogen) atoms. The zero-order valence-electron chi connectivity index (χ0n) is 15.6. The van der Waals surface area contributed by atoms with Crippen LogP contribution in [0.15, 0.2) is 67.1 Å². The lowest BCUT2D eigenvalue weighted by Gasteiger charge is -2.06. The van der Waals surface area contributed by atoms with Gasteiger partial charge in [0.15, 0.2) is 0 Å². The highest BCUT2D eigenvalue weighted by Gasteiger charge is 2.09. The van der Waals surface area contributed by atoms with Gasteiger partial charge in [0.1, 0.15) is 17.3 Å². The number of rotatable bonds is 6. The Hall–Kier alpha value is -3.94. The zero-order chi connectivity index (χ0) is 20.2. The van der Waals surface area contributed by atoms with Crippen LogP contribution in [0.2, 0.25) is 0 Å². The van der Waals surface area contributed by atoms with E-state index in [2.05, 4.69) is 15.1 Å². The van der Waals surface area contributed by atoms with E-state index in [1.54, 1.807) is 25.6 Å². The molecule has 0 aliphatic carbocycles. The number of aromatic nitrogens is 4. The fourth-order valence-corrected chi connectivity index (χ4v) is 2.74. The second-order valence-electron chi connectivity index (χ2n) is 6.28. The molecule has 0 saturated heterocycles. The predicted octanol–water partition coefficient (Wildman–Crippen LogP) is 3.91. The maximum absolute atomic E-state index is 13.3. The summed E-state index contributed by atoms with van der Waals surface area (Å²) in [5.74, 6) is 0.666. The molecule has 2 heterocycles. The average Bonchev–Trinajstić information content (AvgIpc) is 3.20. The maximum Gasteiger partial charge on any atom is 0.322 e. The van der Waals surface area contributed by atoms with Crippen molar-refractivity contribution in [3.8, 4) is 28.8 Å². The molecule has 2 N–H and O–H groups in total. The highest BCUT2D eigenvalue weighted by atomic mass is 19.1. The molecule has 2 aromatic heterocycles. The lowest BCUT2D eigenvalue weighted by Crippen LogP contribution is -1.99. The first-order chi connectivity index (χ1) is 14.1. The lowest BCUT2D eigenvalue weighted by atomic mass is 10.2. The first-order valence-electron chi connectivity index (χ1n) is 8.82. The number of hydrogen-bond donors (Lipinski definition) is 1. The SMILES string of the molecule is COc1ccc(Cn2cc(-c3ccnc(Oc4ccc(F)c(N)c4)n3)cn2)cc1. The Morgan fingerprint density at radius 2 is 1.86 bits per heavy atom. The van der Waals surface area contributed by atoms with Crippen molar-refractivity contribution in [3.63, 3.8) is 0 Å². The van der Waals surface area contributed by atoms with Gasteiger partial charge in [0.05, 0.1) is 31.2 Å². The van der Waals surface area contributed by atoms with Gasteiger partial charge in [-0.2, -0.15) is 10.1 Å².